The van der Waals surface area contributed by atoms with Gasteiger partial charge in [0, 0.05) is 38.1 Å². The first kappa shape index (κ1) is 45.5. The Labute approximate surface area is 300 Å². The predicted octanol–water partition coefficient (Wildman–Crippen LogP) is 9.28. The van der Waals surface area contributed by atoms with Crippen LogP contribution in [-0.4, -0.2) is 62.5 Å². The number of nitrogens with one attached hydrogen (secondary N) is 3. The minimum Gasteiger partial charge on any atom is -0.465 e. The van der Waals surface area contributed by atoms with E-state index in [2.05, 4.69) is 38.5 Å². The summed E-state index contributed by atoms with van der Waals surface area (Å²) in [7, 11) is 5.77. The van der Waals surface area contributed by atoms with Gasteiger partial charge in [-0.05, 0) is 88.8 Å². The normalized spacial score (nSPS) is 10.4. The number of aromatic nitrogens is 1. The molecule has 0 bridgehead atoms. The van der Waals surface area contributed by atoms with Crippen molar-refractivity contribution in [1.82, 2.24) is 15.2 Å². The lowest BCUT2D eigenvalue weighted by Gasteiger charge is -2.05. The van der Waals surface area contributed by atoms with E-state index in [0.717, 1.165) is 67.3 Å². The van der Waals surface area contributed by atoms with Crippen molar-refractivity contribution in [2.45, 2.75) is 78.9 Å². The third-order valence-electron chi connectivity index (χ3n) is 7.02. The van der Waals surface area contributed by atoms with E-state index in [9.17, 15) is 9.59 Å². The number of hydrogen-bond donors (Lipinski definition) is 3. The van der Waals surface area contributed by atoms with Crippen molar-refractivity contribution in [3.05, 3.63) is 78.1 Å². The smallest absolute Gasteiger partial charge is 0.305 e. The van der Waals surface area contributed by atoms with Gasteiger partial charge in [-0.15, -0.1) is 0 Å². The molecule has 0 saturated heterocycles. The lowest BCUT2D eigenvalue weighted by atomic mass is 10.2. The maximum atomic E-state index is 11.6. The van der Waals surface area contributed by atoms with Gasteiger partial charge in [-0.25, -0.2) is 0 Å². The van der Waals surface area contributed by atoms with E-state index in [0.29, 0.717) is 25.3 Å². The average Bonchev–Trinajstić information content (AvgIpc) is 3.46. The van der Waals surface area contributed by atoms with Crippen LogP contribution in [0.5, 0.6) is 0 Å². The molecule has 0 atom stereocenters. The second-order valence-electron chi connectivity index (χ2n) is 11.1. The standard InChI is InChI=1S/C22H29N3O2S.C14H25N3O2.2CH4/c1-23-15-7-3-6-10-22(26)27-16-17-28-18-19-11-13-21(14-12-19)25-24-20-8-4-2-5-9-20;1-12(18)14-10-13(11-17(14)3)16-19-9-7-5-4-6-8-15-2;;/h2,4-5,8-9,11-14,23H,3,6-7,10,15-18H2,1H3;10-11,15-16H,4-9H2,1-3H3;2*1H4. The Kier molecular flexibility index (Phi) is 27.3. The zero-order valence-electron chi connectivity index (χ0n) is 28.6. The van der Waals surface area contributed by atoms with Crippen LogP contribution in [0, 0.1) is 0 Å². The number of nitrogens with zero attached hydrogens (tertiary/aromatic N) is 3. The fraction of sp³-hybridized carbons (Fsp3) is 0.526. The molecule has 0 unspecified atom stereocenters. The molecular formula is C38H62N6O4S. The number of anilines is 1. The molecule has 0 radical (unpaired) electrons. The van der Waals surface area contributed by atoms with E-state index in [1.165, 1.54) is 24.8 Å². The summed E-state index contributed by atoms with van der Waals surface area (Å²) in [6.45, 7) is 4.80. The number of esters is 1. The molecule has 1 heterocycles. The second-order valence-corrected chi connectivity index (χ2v) is 12.2. The molecule has 10 nitrogen and oxygen atoms in total. The topological polar surface area (TPSA) is 118 Å². The number of hydrogen-bond acceptors (Lipinski definition) is 10. The number of thioether (sulfide) groups is 1. The molecule has 0 aliphatic carbocycles. The van der Waals surface area contributed by atoms with E-state index in [1.54, 1.807) is 29.3 Å². The molecule has 0 fully saturated rings. The van der Waals surface area contributed by atoms with Crippen LogP contribution in [-0.2, 0) is 27.2 Å². The minimum atomic E-state index is -0.0850. The summed E-state index contributed by atoms with van der Waals surface area (Å²) in [6, 6.07) is 19.5. The van der Waals surface area contributed by atoms with Crippen molar-refractivity contribution in [2.75, 3.05) is 51.6 Å². The fourth-order valence-corrected chi connectivity index (χ4v) is 5.20. The Morgan fingerprint density at radius 1 is 0.796 bits per heavy atom. The SMILES string of the molecule is C.C.CNCCCCCC(=O)OCCSCc1ccc(N=Nc2ccccc2)cc1.CNCCCCCCONc1cc(C(C)=O)n(C)c1. The number of Topliss-reactive ketones (excluding diaryl/α,β-unsaturated/α-hetero) is 1. The summed E-state index contributed by atoms with van der Waals surface area (Å²) >= 11 is 1.76. The number of azo groups is 1. The number of aryl methyl sites for hydroxylation is 1. The van der Waals surface area contributed by atoms with Gasteiger partial charge in [-0.2, -0.15) is 22.0 Å². The molecule has 0 amide bonds. The maximum Gasteiger partial charge on any atom is 0.305 e. The van der Waals surface area contributed by atoms with Crippen molar-refractivity contribution < 1.29 is 19.2 Å². The molecule has 3 N–H and O–H groups in total. The monoisotopic (exact) mass is 698 g/mol. The number of carbonyl (C=O) groups is 2. The molecule has 274 valence electrons. The molecule has 3 rings (SSSR count). The summed E-state index contributed by atoms with van der Waals surface area (Å²) < 4.78 is 7.07. The van der Waals surface area contributed by atoms with E-state index >= 15 is 0 Å². The zero-order chi connectivity index (χ0) is 34.0. The fourth-order valence-electron chi connectivity index (χ4n) is 4.43. The van der Waals surface area contributed by atoms with Gasteiger partial charge < -0.3 is 19.9 Å². The van der Waals surface area contributed by atoms with Crippen molar-refractivity contribution >= 4 is 40.6 Å². The zero-order valence-corrected chi connectivity index (χ0v) is 29.4. The van der Waals surface area contributed by atoms with Crippen LogP contribution >= 0.6 is 11.8 Å². The quantitative estimate of drug-likeness (QED) is 0.0295. The highest BCUT2D eigenvalue weighted by atomic mass is 32.2. The van der Waals surface area contributed by atoms with E-state index in [-0.39, 0.29) is 26.6 Å². The number of ketones is 1. The van der Waals surface area contributed by atoms with Gasteiger partial charge in [0.05, 0.1) is 29.4 Å². The second kappa shape index (κ2) is 29.4. The van der Waals surface area contributed by atoms with Crippen LogP contribution in [0.2, 0.25) is 0 Å². The Morgan fingerprint density at radius 3 is 2.02 bits per heavy atom. The maximum absolute atomic E-state index is 11.6. The Hall–Kier alpha value is -3.51. The Morgan fingerprint density at radius 2 is 1.41 bits per heavy atom. The predicted molar refractivity (Wildman–Crippen MR) is 207 cm³/mol. The molecule has 0 aliphatic heterocycles. The molecule has 3 aromatic rings. The largest absolute Gasteiger partial charge is 0.465 e. The van der Waals surface area contributed by atoms with E-state index in [1.807, 2.05) is 69.8 Å². The first-order chi connectivity index (χ1) is 22.9. The summed E-state index contributed by atoms with van der Waals surface area (Å²) in [6.07, 6.45) is 10.1. The van der Waals surface area contributed by atoms with Crippen LogP contribution in [0.1, 0.15) is 89.2 Å². The van der Waals surface area contributed by atoms with E-state index < -0.39 is 0 Å². The van der Waals surface area contributed by atoms with Gasteiger partial charge in [0.25, 0.3) is 0 Å². The van der Waals surface area contributed by atoms with Gasteiger partial charge in [0.1, 0.15) is 6.61 Å². The van der Waals surface area contributed by atoms with Crippen molar-refractivity contribution in [2.24, 2.45) is 17.3 Å². The minimum absolute atomic E-state index is 0. The molecule has 1 aromatic heterocycles. The van der Waals surface area contributed by atoms with Gasteiger partial charge in [0.15, 0.2) is 5.78 Å². The van der Waals surface area contributed by atoms with Gasteiger partial charge in [0.2, 0.25) is 0 Å². The molecule has 0 saturated carbocycles. The highest BCUT2D eigenvalue weighted by Crippen LogP contribution is 2.20. The number of unbranched alkanes of at least 4 members (excludes halogenated alkanes) is 5. The highest BCUT2D eigenvalue weighted by Gasteiger charge is 2.07. The molecular weight excluding hydrogens is 637 g/mol. The number of rotatable bonds is 23. The van der Waals surface area contributed by atoms with Crippen molar-refractivity contribution in [3.8, 4) is 0 Å². The van der Waals surface area contributed by atoms with Gasteiger partial charge >= 0.3 is 5.97 Å². The van der Waals surface area contributed by atoms with Crippen LogP contribution < -0.4 is 16.1 Å². The van der Waals surface area contributed by atoms with Gasteiger partial charge in [-0.3, -0.25) is 19.9 Å². The summed E-state index contributed by atoms with van der Waals surface area (Å²) in [4.78, 5) is 28.3. The van der Waals surface area contributed by atoms with E-state index in [4.69, 9.17) is 9.57 Å². The molecule has 0 spiro atoms. The van der Waals surface area contributed by atoms with Crippen LogP contribution in [0.4, 0.5) is 17.1 Å². The first-order valence-corrected chi connectivity index (χ1v) is 17.7. The third kappa shape index (κ3) is 22.0. The molecule has 2 aromatic carbocycles. The highest BCUT2D eigenvalue weighted by molar-refractivity contribution is 7.98. The van der Waals surface area contributed by atoms with Gasteiger partial charge in [-0.1, -0.05) is 64.4 Å². The third-order valence-corrected chi connectivity index (χ3v) is 8.01. The number of carbonyl (C=O) groups excluding carboxylic acids is 2. The summed E-state index contributed by atoms with van der Waals surface area (Å²) in [5.74, 6) is 1.66. The van der Waals surface area contributed by atoms with Crippen molar-refractivity contribution in [3.63, 3.8) is 0 Å². The summed E-state index contributed by atoms with van der Waals surface area (Å²) in [5.41, 5.74) is 7.28. The Balaban J connectivity index is 0.000000967. The lowest BCUT2D eigenvalue weighted by molar-refractivity contribution is -0.143. The molecule has 49 heavy (non-hydrogen) atoms. The Bertz CT molecular complexity index is 1290. The molecule has 11 heteroatoms. The number of benzene rings is 2. The van der Waals surface area contributed by atoms with Crippen LogP contribution in [0.3, 0.4) is 0 Å². The van der Waals surface area contributed by atoms with Crippen molar-refractivity contribution in [1.29, 1.82) is 0 Å². The van der Waals surface area contributed by atoms with Crippen LogP contribution in [0.25, 0.3) is 0 Å². The number of ether oxygens (including phenoxy) is 1. The average molecular weight is 699 g/mol. The van der Waals surface area contributed by atoms with Crippen LogP contribution in [0.15, 0.2) is 77.1 Å². The molecule has 0 aliphatic rings. The first-order valence-electron chi connectivity index (χ1n) is 16.6. The summed E-state index contributed by atoms with van der Waals surface area (Å²) in [5, 5.41) is 14.7. The lowest BCUT2D eigenvalue weighted by Crippen LogP contribution is -2.09.